The van der Waals surface area contributed by atoms with Gasteiger partial charge in [-0.25, -0.2) is 0 Å². The number of carbonyl (C=O) groups excluding carboxylic acids is 1. The molecule has 1 aliphatic rings. The Labute approximate surface area is 90.2 Å². The van der Waals surface area contributed by atoms with Crippen LogP contribution >= 0.6 is 0 Å². The molecule has 2 atom stereocenters. The van der Waals surface area contributed by atoms with Crippen LogP contribution in [0, 0.1) is 5.92 Å². The molecule has 2 nitrogen and oxygen atoms in total. The topological polar surface area (TPSA) is 43.1 Å². The van der Waals surface area contributed by atoms with Crippen LogP contribution in [0.1, 0.15) is 15.9 Å². The van der Waals surface area contributed by atoms with E-state index in [1.807, 2.05) is 0 Å². The fourth-order valence-electron chi connectivity index (χ4n) is 1.99. The SMILES string of the molecule is N[C@@H]([C@@H]1Cc2ccccc2C1=O)C(F)(F)F. The Morgan fingerprint density at radius 1 is 1.31 bits per heavy atom. The van der Waals surface area contributed by atoms with E-state index in [9.17, 15) is 18.0 Å². The van der Waals surface area contributed by atoms with Gasteiger partial charge in [-0.3, -0.25) is 4.79 Å². The first kappa shape index (κ1) is 11.1. The Kier molecular flexibility index (Phi) is 2.50. The van der Waals surface area contributed by atoms with Crippen LogP contribution in [-0.4, -0.2) is 18.0 Å². The zero-order chi connectivity index (χ0) is 11.9. The predicted molar refractivity (Wildman–Crippen MR) is 52.0 cm³/mol. The Morgan fingerprint density at radius 2 is 1.94 bits per heavy atom. The molecular formula is C11H10F3NO. The highest BCUT2D eigenvalue weighted by atomic mass is 19.4. The molecule has 2 N–H and O–H groups in total. The second kappa shape index (κ2) is 3.59. The number of nitrogens with two attached hydrogens (primary N) is 1. The number of halogens is 3. The smallest absolute Gasteiger partial charge is 0.320 e. The summed E-state index contributed by atoms with van der Waals surface area (Å²) >= 11 is 0. The number of hydrogen-bond acceptors (Lipinski definition) is 2. The molecule has 1 aromatic rings. The van der Waals surface area contributed by atoms with Gasteiger partial charge in [0.25, 0.3) is 0 Å². The summed E-state index contributed by atoms with van der Waals surface area (Å²) in [6.45, 7) is 0. The lowest BCUT2D eigenvalue weighted by Gasteiger charge is -2.20. The summed E-state index contributed by atoms with van der Waals surface area (Å²) < 4.78 is 37.3. The maximum atomic E-state index is 12.4. The molecule has 0 saturated carbocycles. The van der Waals surface area contributed by atoms with Gasteiger partial charge < -0.3 is 5.73 Å². The third kappa shape index (κ3) is 1.71. The van der Waals surface area contributed by atoms with Crippen LogP contribution in [0.4, 0.5) is 13.2 Å². The summed E-state index contributed by atoms with van der Waals surface area (Å²) in [6, 6.07) is 4.47. The Hall–Kier alpha value is -1.36. The third-order valence-corrected chi connectivity index (χ3v) is 2.87. The van der Waals surface area contributed by atoms with E-state index in [1.165, 1.54) is 0 Å². The summed E-state index contributed by atoms with van der Waals surface area (Å²) in [5, 5.41) is 0. The van der Waals surface area contributed by atoms with Crippen LogP contribution < -0.4 is 5.73 Å². The third-order valence-electron chi connectivity index (χ3n) is 2.87. The van der Waals surface area contributed by atoms with Crippen LogP contribution in [0.25, 0.3) is 0 Å². The molecule has 0 spiro atoms. The minimum absolute atomic E-state index is 0.0791. The summed E-state index contributed by atoms with van der Waals surface area (Å²) in [5.41, 5.74) is 6.10. The van der Waals surface area contributed by atoms with Gasteiger partial charge in [-0.2, -0.15) is 13.2 Å². The average Bonchev–Trinajstić information content (AvgIpc) is 2.54. The summed E-state index contributed by atoms with van der Waals surface area (Å²) in [4.78, 5) is 11.7. The van der Waals surface area contributed by atoms with Crippen molar-refractivity contribution in [2.24, 2.45) is 11.7 Å². The highest BCUT2D eigenvalue weighted by Gasteiger charge is 2.47. The lowest BCUT2D eigenvalue weighted by molar-refractivity contribution is -0.155. The van der Waals surface area contributed by atoms with E-state index in [0.29, 0.717) is 11.1 Å². The Balaban J connectivity index is 2.29. The number of Topliss-reactive ketones (excluding diaryl/α,β-unsaturated/α-hetero) is 1. The van der Waals surface area contributed by atoms with Crippen molar-refractivity contribution >= 4 is 5.78 Å². The second-order valence-electron chi connectivity index (χ2n) is 3.90. The molecular weight excluding hydrogens is 219 g/mol. The van der Waals surface area contributed by atoms with E-state index < -0.39 is 23.9 Å². The quantitative estimate of drug-likeness (QED) is 0.799. The van der Waals surface area contributed by atoms with E-state index in [0.717, 1.165) is 0 Å². The molecule has 0 heterocycles. The number of hydrogen-bond donors (Lipinski definition) is 1. The van der Waals surface area contributed by atoms with Gasteiger partial charge in [0.15, 0.2) is 5.78 Å². The number of carbonyl (C=O) groups is 1. The van der Waals surface area contributed by atoms with E-state index in [1.54, 1.807) is 24.3 Å². The van der Waals surface area contributed by atoms with Crippen molar-refractivity contribution in [1.82, 2.24) is 0 Å². The summed E-state index contributed by atoms with van der Waals surface area (Å²) in [6.07, 6.45) is -4.45. The minimum atomic E-state index is -4.53. The molecule has 16 heavy (non-hydrogen) atoms. The molecule has 2 rings (SSSR count). The van der Waals surface area contributed by atoms with Crippen LogP contribution in [-0.2, 0) is 6.42 Å². The first-order valence-electron chi connectivity index (χ1n) is 4.85. The zero-order valence-electron chi connectivity index (χ0n) is 8.29. The lowest BCUT2D eigenvalue weighted by atomic mass is 9.96. The maximum Gasteiger partial charge on any atom is 0.404 e. The molecule has 86 valence electrons. The highest BCUT2D eigenvalue weighted by molar-refractivity contribution is 6.02. The molecule has 1 aromatic carbocycles. The normalized spacial score (nSPS) is 22.0. The molecule has 0 radical (unpaired) electrons. The number of rotatable bonds is 1. The van der Waals surface area contributed by atoms with Crippen molar-refractivity contribution < 1.29 is 18.0 Å². The van der Waals surface area contributed by atoms with Crippen molar-refractivity contribution in [2.75, 3.05) is 0 Å². The van der Waals surface area contributed by atoms with Gasteiger partial charge in [0, 0.05) is 5.56 Å². The number of benzene rings is 1. The fraction of sp³-hybridized carbons (Fsp3) is 0.364. The van der Waals surface area contributed by atoms with Crippen LogP contribution in [0.15, 0.2) is 24.3 Å². The zero-order valence-corrected chi connectivity index (χ0v) is 8.29. The van der Waals surface area contributed by atoms with Gasteiger partial charge >= 0.3 is 6.18 Å². The second-order valence-corrected chi connectivity index (χ2v) is 3.90. The van der Waals surface area contributed by atoms with E-state index in [-0.39, 0.29) is 6.42 Å². The minimum Gasteiger partial charge on any atom is -0.320 e. The fourth-order valence-corrected chi connectivity index (χ4v) is 1.99. The van der Waals surface area contributed by atoms with Crippen molar-refractivity contribution in [1.29, 1.82) is 0 Å². The number of ketones is 1. The highest BCUT2D eigenvalue weighted by Crippen LogP contribution is 2.33. The number of alkyl halides is 3. The first-order chi connectivity index (χ1) is 7.41. The molecule has 0 aromatic heterocycles. The molecule has 0 bridgehead atoms. The van der Waals surface area contributed by atoms with Gasteiger partial charge in [0.1, 0.15) is 6.04 Å². The lowest BCUT2D eigenvalue weighted by Crippen LogP contribution is -2.46. The largest absolute Gasteiger partial charge is 0.404 e. The van der Waals surface area contributed by atoms with Crippen molar-refractivity contribution in [3.05, 3.63) is 35.4 Å². The molecule has 0 fully saturated rings. The van der Waals surface area contributed by atoms with Gasteiger partial charge in [-0.1, -0.05) is 24.3 Å². The number of fused-ring (bicyclic) bond motifs is 1. The Morgan fingerprint density at radius 3 is 2.50 bits per heavy atom. The average molecular weight is 229 g/mol. The molecule has 0 unspecified atom stereocenters. The van der Waals surface area contributed by atoms with Crippen molar-refractivity contribution in [3.8, 4) is 0 Å². The molecule has 1 aliphatic carbocycles. The molecule has 5 heteroatoms. The van der Waals surface area contributed by atoms with Crippen LogP contribution in [0.3, 0.4) is 0 Å². The molecule has 0 aliphatic heterocycles. The van der Waals surface area contributed by atoms with Crippen molar-refractivity contribution in [3.63, 3.8) is 0 Å². The monoisotopic (exact) mass is 229 g/mol. The van der Waals surface area contributed by atoms with Gasteiger partial charge in [0.05, 0.1) is 5.92 Å². The molecule has 0 amide bonds. The summed E-state index contributed by atoms with van der Waals surface area (Å²) in [7, 11) is 0. The van der Waals surface area contributed by atoms with Crippen molar-refractivity contribution in [2.45, 2.75) is 18.6 Å². The van der Waals surface area contributed by atoms with Gasteiger partial charge in [-0.05, 0) is 12.0 Å². The van der Waals surface area contributed by atoms with Gasteiger partial charge in [-0.15, -0.1) is 0 Å². The molecule has 0 saturated heterocycles. The van der Waals surface area contributed by atoms with E-state index in [4.69, 9.17) is 5.73 Å². The van der Waals surface area contributed by atoms with E-state index in [2.05, 4.69) is 0 Å². The summed E-state index contributed by atoms with van der Waals surface area (Å²) in [5.74, 6) is -1.67. The van der Waals surface area contributed by atoms with Gasteiger partial charge in [0.2, 0.25) is 0 Å². The standard InChI is InChI=1S/C11H10F3NO/c12-11(13,14)10(15)8-5-6-3-1-2-4-7(6)9(8)16/h1-4,8,10H,5,15H2/t8-,10+/m1/s1. The first-order valence-corrected chi connectivity index (χ1v) is 4.85. The maximum absolute atomic E-state index is 12.4. The van der Waals surface area contributed by atoms with Crippen LogP contribution in [0.5, 0.6) is 0 Å². The predicted octanol–water partition coefficient (Wildman–Crippen LogP) is 1.93. The Bertz CT molecular complexity index is 427. The van der Waals surface area contributed by atoms with E-state index >= 15 is 0 Å². The van der Waals surface area contributed by atoms with Crippen LogP contribution in [0.2, 0.25) is 0 Å².